The summed E-state index contributed by atoms with van der Waals surface area (Å²) in [6, 6.07) is 3.61. The van der Waals surface area contributed by atoms with Crippen molar-refractivity contribution in [3.8, 4) is 11.5 Å². The standard InChI is InChI=1S/C28H43NO9/c1-17(2)10-11-34-28(33)35-16-20(7)36-27(32)22(29)14-21-8-9-23(37-25(30)12-18(3)4)24(15-21)38-26(31)13-19(5)6/h8-9,15,17-20,22H,10-14,16,29H2,1-7H3/t20-,22-/m0/s1. The summed E-state index contributed by atoms with van der Waals surface area (Å²) < 4.78 is 26.1. The van der Waals surface area contributed by atoms with Gasteiger partial charge in [0.05, 0.1) is 6.61 Å². The molecule has 10 nitrogen and oxygen atoms in total. The average Bonchev–Trinajstić information content (AvgIpc) is 2.78. The van der Waals surface area contributed by atoms with Crippen molar-refractivity contribution in [2.24, 2.45) is 23.5 Å². The lowest BCUT2D eigenvalue weighted by molar-refractivity contribution is -0.152. The minimum Gasteiger partial charge on any atom is -0.458 e. The van der Waals surface area contributed by atoms with Crippen LogP contribution in [0.5, 0.6) is 11.5 Å². The van der Waals surface area contributed by atoms with E-state index in [1.165, 1.54) is 12.1 Å². The summed E-state index contributed by atoms with van der Waals surface area (Å²) >= 11 is 0. The number of rotatable bonds is 15. The van der Waals surface area contributed by atoms with Gasteiger partial charge in [-0.3, -0.25) is 14.4 Å². The summed E-state index contributed by atoms with van der Waals surface area (Å²) in [5, 5.41) is 0. The second-order valence-corrected chi connectivity index (χ2v) is 10.6. The SMILES string of the molecule is CC(C)CCOC(=O)OC[C@H](C)OC(=O)[C@@H](N)Cc1ccc(OC(=O)CC(C)C)c(OC(=O)CC(C)C)c1. The molecule has 1 aromatic carbocycles. The maximum absolute atomic E-state index is 12.5. The van der Waals surface area contributed by atoms with Gasteiger partial charge in [-0.1, -0.05) is 47.6 Å². The molecule has 0 unspecified atom stereocenters. The first-order chi connectivity index (χ1) is 17.8. The zero-order valence-corrected chi connectivity index (χ0v) is 23.6. The number of benzene rings is 1. The minimum atomic E-state index is -1.04. The minimum absolute atomic E-state index is 0.0681. The molecule has 0 aliphatic rings. The van der Waals surface area contributed by atoms with Crippen molar-refractivity contribution in [2.45, 2.75) is 86.3 Å². The third-order valence-electron chi connectivity index (χ3n) is 5.03. The van der Waals surface area contributed by atoms with Crippen LogP contribution in [-0.4, -0.2) is 49.4 Å². The largest absolute Gasteiger partial charge is 0.508 e. The molecule has 0 aromatic heterocycles. The van der Waals surface area contributed by atoms with E-state index < -0.39 is 36.2 Å². The Morgan fingerprint density at radius 2 is 1.37 bits per heavy atom. The molecule has 0 amide bonds. The summed E-state index contributed by atoms with van der Waals surface area (Å²) in [6.07, 6.45) is -0.392. The van der Waals surface area contributed by atoms with Gasteiger partial charge in [0.2, 0.25) is 0 Å². The van der Waals surface area contributed by atoms with Crippen LogP contribution < -0.4 is 15.2 Å². The molecule has 2 N–H and O–H groups in total. The average molecular weight is 538 g/mol. The number of carbonyl (C=O) groups excluding carboxylic acids is 4. The molecule has 0 spiro atoms. The van der Waals surface area contributed by atoms with Gasteiger partial charge in [-0.25, -0.2) is 4.79 Å². The van der Waals surface area contributed by atoms with Gasteiger partial charge in [0, 0.05) is 12.8 Å². The maximum Gasteiger partial charge on any atom is 0.508 e. The molecule has 0 aliphatic carbocycles. The number of carbonyl (C=O) groups is 4. The molecule has 1 rings (SSSR count). The number of ether oxygens (including phenoxy) is 5. The van der Waals surface area contributed by atoms with Crippen molar-refractivity contribution >= 4 is 24.1 Å². The van der Waals surface area contributed by atoms with Crippen molar-refractivity contribution in [1.82, 2.24) is 0 Å². The fourth-order valence-electron chi connectivity index (χ4n) is 3.10. The summed E-state index contributed by atoms with van der Waals surface area (Å²) in [7, 11) is 0. The summed E-state index contributed by atoms with van der Waals surface area (Å²) in [5.41, 5.74) is 6.61. The van der Waals surface area contributed by atoms with Crippen molar-refractivity contribution < 1.29 is 42.9 Å². The molecule has 0 radical (unpaired) electrons. The van der Waals surface area contributed by atoms with Gasteiger partial charge in [-0.15, -0.1) is 0 Å². The van der Waals surface area contributed by atoms with Crippen molar-refractivity contribution in [3.05, 3.63) is 23.8 Å². The second kappa shape index (κ2) is 16.7. The molecule has 0 saturated carbocycles. The number of hydrogen-bond acceptors (Lipinski definition) is 10. The van der Waals surface area contributed by atoms with Crippen LogP contribution in [0.25, 0.3) is 0 Å². The van der Waals surface area contributed by atoms with Crippen LogP contribution >= 0.6 is 0 Å². The first kappa shape index (κ1) is 32.9. The van der Waals surface area contributed by atoms with Crippen LogP contribution in [0.4, 0.5) is 4.79 Å². The van der Waals surface area contributed by atoms with Crippen molar-refractivity contribution in [3.63, 3.8) is 0 Å². The Morgan fingerprint density at radius 1 is 0.789 bits per heavy atom. The molecular weight excluding hydrogens is 494 g/mol. The number of esters is 3. The van der Waals surface area contributed by atoms with Crippen LogP contribution in [0.15, 0.2) is 18.2 Å². The summed E-state index contributed by atoms with van der Waals surface area (Å²) in [4.78, 5) is 48.6. The predicted octanol–water partition coefficient (Wildman–Crippen LogP) is 4.59. The van der Waals surface area contributed by atoms with Crippen molar-refractivity contribution in [2.75, 3.05) is 13.2 Å². The van der Waals surface area contributed by atoms with Crippen LogP contribution in [0.3, 0.4) is 0 Å². The van der Waals surface area contributed by atoms with Gasteiger partial charge in [-0.05, 0) is 55.2 Å². The first-order valence-electron chi connectivity index (χ1n) is 13.1. The molecule has 0 aliphatic heterocycles. The van der Waals surface area contributed by atoms with E-state index in [9.17, 15) is 19.2 Å². The molecule has 214 valence electrons. The molecular formula is C28H43NO9. The lowest BCUT2D eigenvalue weighted by Gasteiger charge is -2.18. The molecule has 38 heavy (non-hydrogen) atoms. The van der Waals surface area contributed by atoms with E-state index in [0.29, 0.717) is 17.9 Å². The third-order valence-corrected chi connectivity index (χ3v) is 5.03. The third kappa shape index (κ3) is 14.0. The predicted molar refractivity (Wildman–Crippen MR) is 141 cm³/mol. The fourth-order valence-corrected chi connectivity index (χ4v) is 3.10. The monoisotopic (exact) mass is 537 g/mol. The van der Waals surface area contributed by atoms with E-state index in [1.54, 1.807) is 13.0 Å². The van der Waals surface area contributed by atoms with Gasteiger partial charge in [0.15, 0.2) is 11.5 Å². The lowest BCUT2D eigenvalue weighted by atomic mass is 10.1. The van der Waals surface area contributed by atoms with Gasteiger partial charge in [0.25, 0.3) is 0 Å². The lowest BCUT2D eigenvalue weighted by Crippen LogP contribution is -2.37. The number of hydrogen-bond donors (Lipinski definition) is 1. The molecule has 0 saturated heterocycles. The zero-order valence-electron chi connectivity index (χ0n) is 23.6. The van der Waals surface area contributed by atoms with Crippen LogP contribution in [0.2, 0.25) is 0 Å². The van der Waals surface area contributed by atoms with E-state index >= 15 is 0 Å². The zero-order chi connectivity index (χ0) is 28.8. The topological polar surface area (TPSA) is 140 Å². The van der Waals surface area contributed by atoms with E-state index in [4.69, 9.17) is 29.4 Å². The summed E-state index contributed by atoms with van der Waals surface area (Å²) in [5.74, 6) is -0.867. The quantitative estimate of drug-likeness (QED) is 0.249. The maximum atomic E-state index is 12.5. The Labute approximate surface area is 225 Å². The smallest absolute Gasteiger partial charge is 0.458 e. The first-order valence-corrected chi connectivity index (χ1v) is 13.1. The Balaban J connectivity index is 2.77. The Kier molecular flexibility index (Phi) is 14.4. The Morgan fingerprint density at radius 3 is 1.92 bits per heavy atom. The van der Waals surface area contributed by atoms with E-state index in [2.05, 4.69) is 0 Å². The molecule has 10 heteroatoms. The Hall–Kier alpha value is -3.14. The molecule has 2 atom stereocenters. The van der Waals surface area contributed by atoms with Gasteiger partial charge in [0.1, 0.15) is 18.8 Å². The highest BCUT2D eigenvalue weighted by Gasteiger charge is 2.22. The van der Waals surface area contributed by atoms with E-state index in [0.717, 1.165) is 0 Å². The summed E-state index contributed by atoms with van der Waals surface area (Å²) in [6.45, 7) is 13.2. The highest BCUT2D eigenvalue weighted by molar-refractivity contribution is 5.77. The molecule has 0 fully saturated rings. The van der Waals surface area contributed by atoms with E-state index in [1.807, 2.05) is 41.5 Å². The van der Waals surface area contributed by atoms with Crippen LogP contribution in [0, 0.1) is 17.8 Å². The molecule has 0 heterocycles. The van der Waals surface area contributed by atoms with E-state index in [-0.39, 0.29) is 55.8 Å². The second-order valence-electron chi connectivity index (χ2n) is 10.6. The fraction of sp³-hybridized carbons (Fsp3) is 0.643. The van der Waals surface area contributed by atoms with Crippen LogP contribution in [0.1, 0.15) is 73.3 Å². The van der Waals surface area contributed by atoms with Crippen LogP contribution in [-0.2, 0) is 35.0 Å². The molecule has 1 aromatic rings. The van der Waals surface area contributed by atoms with Gasteiger partial charge in [-0.2, -0.15) is 0 Å². The number of nitrogens with two attached hydrogens (primary N) is 1. The normalized spacial score (nSPS) is 12.7. The van der Waals surface area contributed by atoms with Gasteiger partial charge < -0.3 is 29.4 Å². The van der Waals surface area contributed by atoms with Crippen molar-refractivity contribution in [1.29, 1.82) is 0 Å². The van der Waals surface area contributed by atoms with Gasteiger partial charge >= 0.3 is 24.1 Å². The Bertz CT molecular complexity index is 927. The highest BCUT2D eigenvalue weighted by Crippen LogP contribution is 2.30. The molecule has 0 bridgehead atoms. The highest BCUT2D eigenvalue weighted by atomic mass is 16.7.